The lowest BCUT2D eigenvalue weighted by Crippen LogP contribution is -2.11. The molecule has 0 aromatic rings. The predicted octanol–water partition coefficient (Wildman–Crippen LogP) is 5.27. The second-order valence-electron chi connectivity index (χ2n) is 5.53. The number of carbonyl (C=O) groups is 1. The number of allylic oxidation sites excluding steroid dienone is 1. The van der Waals surface area contributed by atoms with Crippen LogP contribution in [0.5, 0.6) is 0 Å². The van der Waals surface area contributed by atoms with E-state index in [0.29, 0.717) is 18.9 Å². The Hall–Kier alpha value is -0.790. The molecule has 0 aromatic carbocycles. The summed E-state index contributed by atoms with van der Waals surface area (Å²) in [7, 11) is 0. The maximum atomic E-state index is 11.2. The maximum Gasteiger partial charge on any atom is 0.305 e. The van der Waals surface area contributed by atoms with Gasteiger partial charge in [-0.15, -0.1) is 6.58 Å². The third-order valence-corrected chi connectivity index (χ3v) is 3.34. The fraction of sp³-hybridized carbons (Fsp3) is 0.824. The van der Waals surface area contributed by atoms with Crippen molar-refractivity contribution in [2.75, 3.05) is 6.61 Å². The first kappa shape index (κ1) is 18.2. The van der Waals surface area contributed by atoms with Gasteiger partial charge in [-0.2, -0.15) is 0 Å². The lowest BCUT2D eigenvalue weighted by molar-refractivity contribution is -0.144. The Morgan fingerprint density at radius 1 is 1.16 bits per heavy atom. The highest BCUT2D eigenvalue weighted by atomic mass is 16.5. The average Bonchev–Trinajstić information content (AvgIpc) is 2.40. The number of hydrogen-bond acceptors (Lipinski definition) is 2. The molecule has 2 heteroatoms. The van der Waals surface area contributed by atoms with Crippen LogP contribution in [0, 0.1) is 5.92 Å². The Kier molecular flexibility index (Phi) is 13.1. The molecule has 0 amide bonds. The van der Waals surface area contributed by atoms with Crippen LogP contribution in [-0.2, 0) is 9.53 Å². The summed E-state index contributed by atoms with van der Waals surface area (Å²) >= 11 is 0. The van der Waals surface area contributed by atoms with Gasteiger partial charge >= 0.3 is 5.97 Å². The molecule has 0 heterocycles. The van der Waals surface area contributed by atoms with Crippen molar-refractivity contribution in [2.24, 2.45) is 5.92 Å². The van der Waals surface area contributed by atoms with Crippen LogP contribution in [0.25, 0.3) is 0 Å². The van der Waals surface area contributed by atoms with Crippen LogP contribution in [0.4, 0.5) is 0 Å². The molecule has 0 fully saturated rings. The van der Waals surface area contributed by atoms with E-state index in [1.807, 2.05) is 13.0 Å². The zero-order chi connectivity index (χ0) is 14.3. The van der Waals surface area contributed by atoms with E-state index in [0.717, 1.165) is 12.8 Å². The van der Waals surface area contributed by atoms with Crippen LogP contribution in [0.15, 0.2) is 12.7 Å². The van der Waals surface area contributed by atoms with Crippen LogP contribution in [0.1, 0.15) is 78.1 Å². The molecule has 0 saturated heterocycles. The maximum absolute atomic E-state index is 11.2. The predicted molar refractivity (Wildman–Crippen MR) is 82.2 cm³/mol. The first-order valence-electron chi connectivity index (χ1n) is 7.97. The number of carbonyl (C=O) groups excluding carboxylic acids is 1. The lowest BCUT2D eigenvalue weighted by Gasteiger charge is -2.11. The highest BCUT2D eigenvalue weighted by molar-refractivity contribution is 5.69. The highest BCUT2D eigenvalue weighted by Gasteiger charge is 2.06. The fourth-order valence-electron chi connectivity index (χ4n) is 2.08. The highest BCUT2D eigenvalue weighted by Crippen LogP contribution is 2.13. The van der Waals surface area contributed by atoms with Gasteiger partial charge in [0, 0.05) is 6.42 Å². The van der Waals surface area contributed by atoms with Crippen LogP contribution in [0.2, 0.25) is 0 Å². The quantitative estimate of drug-likeness (QED) is 0.258. The van der Waals surface area contributed by atoms with Crippen LogP contribution < -0.4 is 0 Å². The summed E-state index contributed by atoms with van der Waals surface area (Å²) in [6.45, 7) is 8.50. The summed E-state index contributed by atoms with van der Waals surface area (Å²) in [5, 5.41) is 0. The van der Waals surface area contributed by atoms with Gasteiger partial charge in [-0.1, -0.05) is 52.0 Å². The van der Waals surface area contributed by atoms with Gasteiger partial charge < -0.3 is 4.74 Å². The fourth-order valence-corrected chi connectivity index (χ4v) is 2.08. The van der Waals surface area contributed by atoms with Gasteiger partial charge in [0.2, 0.25) is 0 Å². The monoisotopic (exact) mass is 268 g/mol. The molecule has 19 heavy (non-hydrogen) atoms. The van der Waals surface area contributed by atoms with Gasteiger partial charge in [0.05, 0.1) is 6.61 Å². The Morgan fingerprint density at radius 3 is 2.42 bits per heavy atom. The molecule has 0 rings (SSSR count). The second kappa shape index (κ2) is 13.6. The van der Waals surface area contributed by atoms with Crippen molar-refractivity contribution in [2.45, 2.75) is 78.1 Å². The van der Waals surface area contributed by atoms with E-state index in [-0.39, 0.29) is 5.97 Å². The molecule has 2 nitrogen and oxygen atoms in total. The van der Waals surface area contributed by atoms with Crippen molar-refractivity contribution in [3.8, 4) is 0 Å². The smallest absolute Gasteiger partial charge is 0.305 e. The molecule has 0 N–H and O–H groups in total. The van der Waals surface area contributed by atoms with Gasteiger partial charge in [-0.25, -0.2) is 0 Å². The first-order valence-corrected chi connectivity index (χ1v) is 7.97. The van der Waals surface area contributed by atoms with E-state index in [4.69, 9.17) is 4.74 Å². The molecule has 0 saturated carbocycles. The first-order chi connectivity index (χ1) is 9.20. The molecule has 0 aliphatic carbocycles. The van der Waals surface area contributed by atoms with Crippen molar-refractivity contribution < 1.29 is 9.53 Å². The molecule has 0 aliphatic rings. The van der Waals surface area contributed by atoms with E-state index in [1.165, 1.54) is 44.9 Å². The average molecular weight is 268 g/mol. The molecule has 0 aliphatic heterocycles. The molecule has 0 bridgehead atoms. The zero-order valence-corrected chi connectivity index (χ0v) is 13.0. The van der Waals surface area contributed by atoms with Gasteiger partial charge in [-0.05, 0) is 31.6 Å². The SMILES string of the molecule is C=CCCCCCCCCC(C)COC(=O)CCC. The summed E-state index contributed by atoms with van der Waals surface area (Å²) in [6, 6.07) is 0. The Labute approximate surface area is 119 Å². The number of esters is 1. The Balaban J connectivity index is 3.26. The Bertz CT molecular complexity index is 223. The van der Waals surface area contributed by atoms with Crippen LogP contribution in [0.3, 0.4) is 0 Å². The van der Waals surface area contributed by atoms with Crippen LogP contribution >= 0.6 is 0 Å². The lowest BCUT2D eigenvalue weighted by atomic mass is 10.0. The van der Waals surface area contributed by atoms with Gasteiger partial charge in [0.1, 0.15) is 0 Å². The van der Waals surface area contributed by atoms with Gasteiger partial charge in [-0.3, -0.25) is 4.79 Å². The third-order valence-electron chi connectivity index (χ3n) is 3.34. The molecule has 112 valence electrons. The molecule has 1 atom stereocenters. The summed E-state index contributed by atoms with van der Waals surface area (Å²) in [5.74, 6) is 0.457. The topological polar surface area (TPSA) is 26.3 Å². The number of ether oxygens (including phenoxy) is 1. The van der Waals surface area contributed by atoms with E-state index in [9.17, 15) is 4.79 Å². The van der Waals surface area contributed by atoms with E-state index < -0.39 is 0 Å². The number of hydrogen-bond donors (Lipinski definition) is 0. The molecule has 0 spiro atoms. The normalized spacial score (nSPS) is 12.1. The standard InChI is InChI=1S/C17H32O2/c1-4-6-7-8-9-10-11-12-14-16(3)15-19-17(18)13-5-2/h4,16H,1,5-15H2,2-3H3. The molecule has 1 unspecified atom stereocenters. The summed E-state index contributed by atoms with van der Waals surface area (Å²) in [5.41, 5.74) is 0. The van der Waals surface area contributed by atoms with E-state index in [2.05, 4.69) is 13.5 Å². The Morgan fingerprint density at radius 2 is 1.79 bits per heavy atom. The molecule has 0 radical (unpaired) electrons. The molecular formula is C17H32O2. The van der Waals surface area contributed by atoms with Crippen LogP contribution in [-0.4, -0.2) is 12.6 Å². The minimum Gasteiger partial charge on any atom is -0.465 e. The van der Waals surface area contributed by atoms with Gasteiger partial charge in [0.25, 0.3) is 0 Å². The van der Waals surface area contributed by atoms with Crippen molar-refractivity contribution in [1.29, 1.82) is 0 Å². The summed E-state index contributed by atoms with van der Waals surface area (Å²) in [4.78, 5) is 11.2. The van der Waals surface area contributed by atoms with Crippen molar-refractivity contribution in [3.05, 3.63) is 12.7 Å². The largest absolute Gasteiger partial charge is 0.465 e. The third kappa shape index (κ3) is 13.4. The van der Waals surface area contributed by atoms with Crippen molar-refractivity contribution >= 4 is 5.97 Å². The minimum atomic E-state index is -0.0448. The van der Waals surface area contributed by atoms with Crippen molar-refractivity contribution in [3.63, 3.8) is 0 Å². The van der Waals surface area contributed by atoms with E-state index >= 15 is 0 Å². The van der Waals surface area contributed by atoms with Gasteiger partial charge in [0.15, 0.2) is 0 Å². The van der Waals surface area contributed by atoms with E-state index in [1.54, 1.807) is 0 Å². The second-order valence-corrected chi connectivity index (χ2v) is 5.53. The minimum absolute atomic E-state index is 0.0448. The zero-order valence-electron chi connectivity index (χ0n) is 13.0. The number of unbranched alkanes of at least 4 members (excludes halogenated alkanes) is 6. The van der Waals surface area contributed by atoms with Crippen molar-refractivity contribution in [1.82, 2.24) is 0 Å². The summed E-state index contributed by atoms with van der Waals surface area (Å²) < 4.78 is 5.22. The molecule has 0 aromatic heterocycles. The molecular weight excluding hydrogens is 236 g/mol. The number of rotatable bonds is 13. The summed E-state index contributed by atoms with van der Waals surface area (Å²) in [6.07, 6.45) is 13.6.